The highest BCUT2D eigenvalue weighted by Crippen LogP contribution is 2.36. The summed E-state index contributed by atoms with van der Waals surface area (Å²) in [5.74, 6) is 0.813. The Balaban J connectivity index is 1.42. The first-order chi connectivity index (χ1) is 14.6. The molecule has 5 rings (SSSR count). The van der Waals surface area contributed by atoms with E-state index in [-0.39, 0.29) is 17.7 Å². The normalized spacial score (nSPS) is 20.1. The molecule has 1 aliphatic heterocycles. The third kappa shape index (κ3) is 3.60. The molecule has 0 aromatic carbocycles. The summed E-state index contributed by atoms with van der Waals surface area (Å²) in [7, 11) is 0. The van der Waals surface area contributed by atoms with Crippen LogP contribution >= 0.6 is 0 Å². The highest BCUT2D eigenvalue weighted by Gasteiger charge is 2.31. The van der Waals surface area contributed by atoms with Crippen LogP contribution < -0.4 is 0 Å². The minimum atomic E-state index is 0.0372. The number of rotatable bonds is 5. The van der Waals surface area contributed by atoms with E-state index in [4.69, 9.17) is 4.98 Å². The van der Waals surface area contributed by atoms with Crippen molar-refractivity contribution in [1.29, 1.82) is 0 Å². The maximum Gasteiger partial charge on any atom is 0.254 e. The van der Waals surface area contributed by atoms with Crippen molar-refractivity contribution in [3.8, 4) is 0 Å². The average Bonchev–Trinajstić information content (AvgIpc) is 3.51. The molecule has 5 nitrogen and oxygen atoms in total. The van der Waals surface area contributed by atoms with Crippen molar-refractivity contribution >= 4 is 23.3 Å². The molecular formula is C25H25N3O2. The van der Waals surface area contributed by atoms with Gasteiger partial charge in [0.15, 0.2) is 0 Å². The van der Waals surface area contributed by atoms with Gasteiger partial charge >= 0.3 is 0 Å². The van der Waals surface area contributed by atoms with Crippen LogP contribution in [0.4, 0.5) is 0 Å². The van der Waals surface area contributed by atoms with Crippen molar-refractivity contribution in [3.63, 3.8) is 0 Å². The van der Waals surface area contributed by atoms with Crippen molar-refractivity contribution in [2.24, 2.45) is 11.8 Å². The van der Waals surface area contributed by atoms with Gasteiger partial charge in [0.25, 0.3) is 5.91 Å². The van der Waals surface area contributed by atoms with Crippen molar-refractivity contribution in [2.75, 3.05) is 13.1 Å². The third-order valence-electron chi connectivity index (χ3n) is 6.26. The molecule has 1 amide bonds. The summed E-state index contributed by atoms with van der Waals surface area (Å²) < 4.78 is 0. The molecule has 3 heterocycles. The summed E-state index contributed by atoms with van der Waals surface area (Å²) >= 11 is 0. The molecular weight excluding hydrogens is 374 g/mol. The quantitative estimate of drug-likeness (QED) is 0.768. The summed E-state index contributed by atoms with van der Waals surface area (Å²) in [6.07, 6.45) is 13.1. The Labute approximate surface area is 176 Å². The number of amides is 1. The number of carbonyl (C=O) groups is 2. The number of pyridine rings is 2. The van der Waals surface area contributed by atoms with Crippen LogP contribution in [0.3, 0.4) is 0 Å². The van der Waals surface area contributed by atoms with Crippen LogP contribution in [0.25, 0.3) is 11.6 Å². The van der Waals surface area contributed by atoms with Crippen LogP contribution in [0.5, 0.6) is 0 Å². The lowest BCUT2D eigenvalue weighted by molar-refractivity contribution is -0.119. The van der Waals surface area contributed by atoms with Crippen LogP contribution in [-0.2, 0) is 17.6 Å². The van der Waals surface area contributed by atoms with Crippen LogP contribution in [0.1, 0.15) is 52.6 Å². The zero-order chi connectivity index (χ0) is 20.7. The Hall–Kier alpha value is -3.08. The Morgan fingerprint density at radius 2 is 2.00 bits per heavy atom. The fourth-order valence-electron chi connectivity index (χ4n) is 4.48. The summed E-state index contributed by atoms with van der Waals surface area (Å²) in [5, 5.41) is 0. The van der Waals surface area contributed by atoms with E-state index >= 15 is 0 Å². The number of allylic oxidation sites excluding steroid dienone is 1. The van der Waals surface area contributed by atoms with Gasteiger partial charge in [-0.2, -0.15) is 0 Å². The molecule has 0 N–H and O–H groups in total. The molecule has 1 saturated carbocycles. The highest BCUT2D eigenvalue weighted by atomic mass is 16.2. The van der Waals surface area contributed by atoms with Crippen molar-refractivity contribution < 1.29 is 9.59 Å². The number of hydrogen-bond acceptors (Lipinski definition) is 4. The second kappa shape index (κ2) is 7.63. The molecule has 1 atom stereocenters. The van der Waals surface area contributed by atoms with Gasteiger partial charge in [0, 0.05) is 61.1 Å². The smallest absolute Gasteiger partial charge is 0.254 e. The first kappa shape index (κ1) is 18.9. The molecule has 0 bridgehead atoms. The molecule has 3 aliphatic rings. The van der Waals surface area contributed by atoms with Gasteiger partial charge in [-0.05, 0) is 48.1 Å². The van der Waals surface area contributed by atoms with E-state index in [1.54, 1.807) is 24.5 Å². The molecule has 0 spiro atoms. The first-order valence-electron chi connectivity index (χ1n) is 10.7. The lowest BCUT2D eigenvalue weighted by atomic mass is 9.87. The predicted octanol–water partition coefficient (Wildman–Crippen LogP) is 3.74. The van der Waals surface area contributed by atoms with E-state index in [1.165, 1.54) is 16.7 Å². The number of Topliss-reactive ketones (excluding diaryl/α,β-unsaturated/α-hetero) is 1. The number of hydrogen-bond donors (Lipinski definition) is 0. The van der Waals surface area contributed by atoms with Crippen molar-refractivity contribution in [1.82, 2.24) is 14.9 Å². The van der Waals surface area contributed by atoms with Crippen LogP contribution in [0, 0.1) is 11.8 Å². The Morgan fingerprint density at radius 1 is 1.20 bits per heavy atom. The maximum absolute atomic E-state index is 12.8. The molecule has 2 aromatic rings. The summed E-state index contributed by atoms with van der Waals surface area (Å²) in [5.41, 5.74) is 6.21. The standard InChI is InChI=1S/C25H25N3O2/c1-16-15-28(25(30)18-7-10-26-11-8-18)12-9-20(16)22-13-19(14-24(29)17-5-6-17)27-23-4-2-3-21(22)23/h2-3,7-11,13,16-17H,4-6,12,14-15H2,1H3. The van der Waals surface area contributed by atoms with Crippen molar-refractivity contribution in [2.45, 2.75) is 32.6 Å². The minimum absolute atomic E-state index is 0.0372. The SMILES string of the molecule is CC1CN(C(=O)c2ccncc2)CC=C1c1cc(CC(=O)C2CC2)nc2c1C=CC2. The van der Waals surface area contributed by atoms with E-state index in [1.807, 2.05) is 4.90 Å². The van der Waals surface area contributed by atoms with E-state index < -0.39 is 0 Å². The molecule has 152 valence electrons. The zero-order valence-corrected chi connectivity index (χ0v) is 17.2. The van der Waals surface area contributed by atoms with Crippen molar-refractivity contribution in [3.05, 3.63) is 70.8 Å². The summed E-state index contributed by atoms with van der Waals surface area (Å²) in [4.78, 5) is 35.9. The lowest BCUT2D eigenvalue weighted by Gasteiger charge is -2.32. The van der Waals surface area contributed by atoms with Gasteiger partial charge < -0.3 is 4.90 Å². The van der Waals surface area contributed by atoms with Crippen LogP contribution in [-0.4, -0.2) is 39.6 Å². The second-order valence-corrected chi connectivity index (χ2v) is 8.55. The number of fused-ring (bicyclic) bond motifs is 1. The monoisotopic (exact) mass is 399 g/mol. The van der Waals surface area contributed by atoms with Gasteiger partial charge in [-0.25, -0.2) is 0 Å². The van der Waals surface area contributed by atoms with Gasteiger partial charge in [0.05, 0.1) is 5.69 Å². The number of aromatic nitrogens is 2. The molecule has 30 heavy (non-hydrogen) atoms. The Bertz CT molecular complexity index is 1070. The third-order valence-corrected chi connectivity index (χ3v) is 6.26. The largest absolute Gasteiger partial charge is 0.334 e. The van der Waals surface area contributed by atoms with Gasteiger partial charge in [0.1, 0.15) is 5.78 Å². The minimum Gasteiger partial charge on any atom is -0.334 e. The molecule has 2 aliphatic carbocycles. The number of ketones is 1. The predicted molar refractivity (Wildman–Crippen MR) is 116 cm³/mol. The molecule has 0 saturated heterocycles. The molecule has 1 unspecified atom stereocenters. The topological polar surface area (TPSA) is 63.2 Å². The lowest BCUT2D eigenvalue weighted by Crippen LogP contribution is -2.38. The second-order valence-electron chi connectivity index (χ2n) is 8.55. The van der Waals surface area contributed by atoms with Gasteiger partial charge in [-0.1, -0.05) is 25.2 Å². The van der Waals surface area contributed by atoms with E-state index in [2.05, 4.69) is 36.2 Å². The van der Waals surface area contributed by atoms with E-state index in [0.717, 1.165) is 30.7 Å². The number of carbonyl (C=O) groups excluding carboxylic acids is 2. The zero-order valence-electron chi connectivity index (χ0n) is 17.2. The number of nitrogens with zero attached hydrogens (tertiary/aromatic N) is 3. The summed E-state index contributed by atoms with van der Waals surface area (Å²) in [6.45, 7) is 3.42. The fourth-order valence-corrected chi connectivity index (χ4v) is 4.48. The van der Waals surface area contributed by atoms with Crippen LogP contribution in [0.15, 0.2) is 42.7 Å². The molecule has 2 aromatic heterocycles. The maximum atomic E-state index is 12.8. The molecule has 5 heteroatoms. The van der Waals surface area contributed by atoms with Gasteiger partial charge in [-0.15, -0.1) is 0 Å². The molecule has 1 fully saturated rings. The van der Waals surface area contributed by atoms with E-state index in [0.29, 0.717) is 30.9 Å². The van der Waals surface area contributed by atoms with E-state index in [9.17, 15) is 9.59 Å². The first-order valence-corrected chi connectivity index (χ1v) is 10.7. The van der Waals surface area contributed by atoms with Gasteiger partial charge in [0.2, 0.25) is 0 Å². The average molecular weight is 399 g/mol. The van der Waals surface area contributed by atoms with Gasteiger partial charge in [-0.3, -0.25) is 19.6 Å². The highest BCUT2D eigenvalue weighted by molar-refractivity contribution is 5.95. The Kier molecular flexibility index (Phi) is 4.81. The molecule has 0 radical (unpaired) electrons. The summed E-state index contributed by atoms with van der Waals surface area (Å²) in [6, 6.07) is 5.63. The fraction of sp³-hybridized carbons (Fsp3) is 0.360. The Morgan fingerprint density at radius 3 is 2.73 bits per heavy atom. The van der Waals surface area contributed by atoms with Crippen LogP contribution in [0.2, 0.25) is 0 Å².